The summed E-state index contributed by atoms with van der Waals surface area (Å²) in [6.07, 6.45) is 3.76. The first-order valence-electron chi connectivity index (χ1n) is 6.00. The van der Waals surface area contributed by atoms with Crippen LogP contribution in [0.1, 0.15) is 23.7 Å². The van der Waals surface area contributed by atoms with Crippen molar-refractivity contribution >= 4 is 11.9 Å². The van der Waals surface area contributed by atoms with E-state index in [4.69, 9.17) is 5.11 Å². The van der Waals surface area contributed by atoms with Crippen molar-refractivity contribution in [1.29, 1.82) is 0 Å². The quantitative estimate of drug-likeness (QED) is 0.855. The van der Waals surface area contributed by atoms with E-state index in [1.165, 1.54) is 0 Å². The lowest BCUT2D eigenvalue weighted by molar-refractivity contribution is -0.143. The molecule has 0 radical (unpaired) electrons. The average molecular weight is 248 g/mol. The molecule has 5 nitrogen and oxygen atoms in total. The van der Waals surface area contributed by atoms with E-state index >= 15 is 0 Å². The molecule has 0 saturated carbocycles. The highest BCUT2D eigenvalue weighted by molar-refractivity contribution is 5.94. The lowest BCUT2D eigenvalue weighted by Gasteiger charge is -2.34. The number of rotatable bonds is 2. The van der Waals surface area contributed by atoms with E-state index in [1.807, 2.05) is 6.92 Å². The average Bonchev–Trinajstić information content (AvgIpc) is 2.38. The molecule has 18 heavy (non-hydrogen) atoms. The summed E-state index contributed by atoms with van der Waals surface area (Å²) in [5.74, 6) is -1.19. The van der Waals surface area contributed by atoms with Gasteiger partial charge in [-0.15, -0.1) is 0 Å². The van der Waals surface area contributed by atoms with Crippen LogP contribution in [-0.4, -0.2) is 40.0 Å². The molecule has 1 aliphatic rings. The van der Waals surface area contributed by atoms with E-state index in [1.54, 1.807) is 29.4 Å². The number of likely N-dealkylation sites (tertiary alicyclic amines) is 1. The number of aromatic nitrogens is 1. The summed E-state index contributed by atoms with van der Waals surface area (Å²) in [5.41, 5.74) is 0.559. The molecule has 1 saturated heterocycles. The molecular formula is C13H16N2O3. The van der Waals surface area contributed by atoms with Gasteiger partial charge in [-0.05, 0) is 24.5 Å². The molecule has 2 heterocycles. The first-order chi connectivity index (χ1) is 8.58. The van der Waals surface area contributed by atoms with Crippen LogP contribution < -0.4 is 0 Å². The number of hydrogen-bond acceptors (Lipinski definition) is 3. The van der Waals surface area contributed by atoms with Crippen LogP contribution >= 0.6 is 0 Å². The number of carboxylic acids is 1. The summed E-state index contributed by atoms with van der Waals surface area (Å²) < 4.78 is 0. The SMILES string of the molecule is CC1CC(C(=O)O)CN(C(=O)c2ccncc2)C1. The second-order valence-electron chi connectivity index (χ2n) is 4.82. The van der Waals surface area contributed by atoms with Gasteiger partial charge in [-0.1, -0.05) is 6.92 Å². The van der Waals surface area contributed by atoms with Crippen molar-refractivity contribution in [3.05, 3.63) is 30.1 Å². The van der Waals surface area contributed by atoms with Gasteiger partial charge in [-0.25, -0.2) is 0 Å². The number of carboxylic acid groups (broad SMARTS) is 1. The highest BCUT2D eigenvalue weighted by atomic mass is 16.4. The molecule has 1 aromatic heterocycles. The first-order valence-corrected chi connectivity index (χ1v) is 6.00. The Bertz CT molecular complexity index is 447. The highest BCUT2D eigenvalue weighted by Gasteiger charge is 2.32. The van der Waals surface area contributed by atoms with E-state index in [0.29, 0.717) is 25.1 Å². The van der Waals surface area contributed by atoms with Gasteiger partial charge >= 0.3 is 5.97 Å². The lowest BCUT2D eigenvalue weighted by atomic mass is 9.90. The lowest BCUT2D eigenvalue weighted by Crippen LogP contribution is -2.45. The number of carbonyl (C=O) groups excluding carboxylic acids is 1. The molecule has 1 aromatic rings. The molecule has 0 aliphatic carbocycles. The van der Waals surface area contributed by atoms with Crippen molar-refractivity contribution in [3.63, 3.8) is 0 Å². The van der Waals surface area contributed by atoms with E-state index in [2.05, 4.69) is 4.98 Å². The van der Waals surface area contributed by atoms with Gasteiger partial charge in [0.25, 0.3) is 5.91 Å². The van der Waals surface area contributed by atoms with Crippen molar-refractivity contribution in [2.45, 2.75) is 13.3 Å². The van der Waals surface area contributed by atoms with Crippen molar-refractivity contribution in [2.75, 3.05) is 13.1 Å². The molecule has 2 rings (SSSR count). The molecular weight excluding hydrogens is 232 g/mol. The third-order valence-electron chi connectivity index (χ3n) is 3.22. The fraction of sp³-hybridized carbons (Fsp3) is 0.462. The summed E-state index contributed by atoms with van der Waals surface area (Å²) >= 11 is 0. The Morgan fingerprint density at radius 2 is 2.00 bits per heavy atom. The summed E-state index contributed by atoms with van der Waals surface area (Å²) in [7, 11) is 0. The van der Waals surface area contributed by atoms with Gasteiger partial charge in [0.05, 0.1) is 5.92 Å². The van der Waals surface area contributed by atoms with Crippen LogP contribution in [0.5, 0.6) is 0 Å². The second kappa shape index (κ2) is 5.16. The third kappa shape index (κ3) is 2.67. The number of carbonyl (C=O) groups is 2. The largest absolute Gasteiger partial charge is 0.481 e. The van der Waals surface area contributed by atoms with Crippen LogP contribution in [0.2, 0.25) is 0 Å². The van der Waals surface area contributed by atoms with Crippen LogP contribution in [0.4, 0.5) is 0 Å². The Balaban J connectivity index is 2.13. The summed E-state index contributed by atoms with van der Waals surface area (Å²) in [5, 5.41) is 9.08. The van der Waals surface area contributed by atoms with Crippen LogP contribution in [-0.2, 0) is 4.79 Å². The molecule has 0 aromatic carbocycles. The standard InChI is InChI=1S/C13H16N2O3/c1-9-6-11(13(17)18)8-15(7-9)12(16)10-2-4-14-5-3-10/h2-5,9,11H,6-8H2,1H3,(H,17,18). The minimum atomic E-state index is -0.825. The molecule has 2 unspecified atom stereocenters. The second-order valence-corrected chi connectivity index (χ2v) is 4.82. The Hall–Kier alpha value is -1.91. The van der Waals surface area contributed by atoms with E-state index in [0.717, 1.165) is 0 Å². The number of pyridine rings is 1. The maximum absolute atomic E-state index is 12.2. The Morgan fingerprint density at radius 1 is 1.33 bits per heavy atom. The monoisotopic (exact) mass is 248 g/mol. The van der Waals surface area contributed by atoms with Gasteiger partial charge in [0.15, 0.2) is 0 Å². The normalized spacial score (nSPS) is 23.7. The van der Waals surface area contributed by atoms with E-state index in [9.17, 15) is 9.59 Å². The van der Waals surface area contributed by atoms with Crippen molar-refractivity contribution in [1.82, 2.24) is 9.88 Å². The van der Waals surface area contributed by atoms with Gasteiger partial charge in [-0.2, -0.15) is 0 Å². The molecule has 1 N–H and O–H groups in total. The van der Waals surface area contributed by atoms with Crippen molar-refractivity contribution < 1.29 is 14.7 Å². The minimum Gasteiger partial charge on any atom is -0.481 e. The van der Waals surface area contributed by atoms with Crippen LogP contribution in [0.25, 0.3) is 0 Å². The molecule has 96 valence electrons. The minimum absolute atomic E-state index is 0.116. The summed E-state index contributed by atoms with van der Waals surface area (Å²) in [4.78, 5) is 28.8. The van der Waals surface area contributed by atoms with Crippen LogP contribution in [0, 0.1) is 11.8 Å². The Morgan fingerprint density at radius 3 is 2.61 bits per heavy atom. The maximum Gasteiger partial charge on any atom is 0.308 e. The Labute approximate surface area is 105 Å². The van der Waals surface area contributed by atoms with E-state index in [-0.39, 0.29) is 11.8 Å². The number of hydrogen-bond donors (Lipinski definition) is 1. The number of amides is 1. The Kier molecular flexibility index (Phi) is 3.60. The predicted molar refractivity (Wildman–Crippen MR) is 65.0 cm³/mol. The highest BCUT2D eigenvalue weighted by Crippen LogP contribution is 2.23. The van der Waals surface area contributed by atoms with Gasteiger partial charge in [0.2, 0.25) is 0 Å². The van der Waals surface area contributed by atoms with Gasteiger partial charge in [-0.3, -0.25) is 14.6 Å². The molecule has 1 amide bonds. The van der Waals surface area contributed by atoms with Crippen molar-refractivity contribution in [2.24, 2.45) is 11.8 Å². The third-order valence-corrected chi connectivity index (χ3v) is 3.22. The zero-order valence-corrected chi connectivity index (χ0v) is 10.2. The zero-order chi connectivity index (χ0) is 13.1. The zero-order valence-electron chi connectivity index (χ0n) is 10.2. The van der Waals surface area contributed by atoms with E-state index < -0.39 is 11.9 Å². The van der Waals surface area contributed by atoms with Crippen LogP contribution in [0.3, 0.4) is 0 Å². The summed E-state index contributed by atoms with van der Waals surface area (Å²) in [6, 6.07) is 3.30. The fourth-order valence-electron chi connectivity index (χ4n) is 2.37. The first kappa shape index (κ1) is 12.5. The van der Waals surface area contributed by atoms with Crippen molar-refractivity contribution in [3.8, 4) is 0 Å². The smallest absolute Gasteiger partial charge is 0.308 e. The molecule has 0 bridgehead atoms. The molecule has 5 heteroatoms. The molecule has 1 aliphatic heterocycles. The predicted octanol–water partition coefficient (Wildman–Crippen LogP) is 1.26. The molecule has 2 atom stereocenters. The maximum atomic E-state index is 12.2. The fourth-order valence-corrected chi connectivity index (χ4v) is 2.37. The summed E-state index contributed by atoms with van der Waals surface area (Å²) in [6.45, 7) is 2.88. The molecule has 0 spiro atoms. The number of piperidine rings is 1. The topological polar surface area (TPSA) is 70.5 Å². The van der Waals surface area contributed by atoms with Gasteiger partial charge in [0.1, 0.15) is 0 Å². The number of aliphatic carboxylic acids is 1. The van der Waals surface area contributed by atoms with Gasteiger partial charge in [0, 0.05) is 31.0 Å². The molecule has 1 fully saturated rings. The number of nitrogens with zero attached hydrogens (tertiary/aromatic N) is 2. The van der Waals surface area contributed by atoms with Gasteiger partial charge < -0.3 is 10.0 Å². The van der Waals surface area contributed by atoms with Crippen LogP contribution in [0.15, 0.2) is 24.5 Å².